The van der Waals surface area contributed by atoms with Gasteiger partial charge in [-0.25, -0.2) is 4.98 Å². The van der Waals surface area contributed by atoms with E-state index in [0.29, 0.717) is 35.3 Å². The van der Waals surface area contributed by atoms with Crippen molar-refractivity contribution in [2.24, 2.45) is 5.10 Å². The van der Waals surface area contributed by atoms with E-state index in [0.717, 1.165) is 32.2 Å². The van der Waals surface area contributed by atoms with Gasteiger partial charge in [-0.15, -0.1) is 0 Å². The molecule has 0 amide bonds. The molecular weight excluding hydrogens is 502 g/mol. The van der Waals surface area contributed by atoms with Crippen LogP contribution in [0.5, 0.6) is 0 Å². The predicted octanol–water partition coefficient (Wildman–Crippen LogP) is 5.79. The normalized spacial score (nSPS) is 11.5. The number of hydrogen-bond donors (Lipinski definition) is 0. The molecule has 0 saturated carbocycles. The lowest BCUT2D eigenvalue weighted by molar-refractivity contribution is 0.734. The molecule has 0 unspecified atom stereocenters. The first-order valence-corrected chi connectivity index (χ1v) is 12.1. The molecule has 2 aromatic heterocycles. The summed E-state index contributed by atoms with van der Waals surface area (Å²) in [5.41, 5.74) is 5.05. The van der Waals surface area contributed by atoms with Gasteiger partial charge in [-0.3, -0.25) is 4.79 Å². The Morgan fingerprint density at radius 1 is 1.09 bits per heavy atom. The Morgan fingerprint density at radius 2 is 1.86 bits per heavy atom. The summed E-state index contributed by atoms with van der Waals surface area (Å²) in [5, 5.41) is 15.7. The van der Waals surface area contributed by atoms with Crippen LogP contribution < -0.4 is 5.56 Å². The summed E-state index contributed by atoms with van der Waals surface area (Å²) in [6.45, 7) is 4.56. The standard InChI is InChI=1S/C28H22BrN5O/c1-3-27-32-25-13-12-21(29)14-23(25)28(35)34(27)31-16-24-18(2)33(26-11-7-6-10-22(24)26)17-20-9-5-4-8-19(20)15-30/h4-14,16H,3,17H2,1-2H3. The van der Waals surface area contributed by atoms with Crippen LogP contribution in [0.2, 0.25) is 0 Å². The third-order valence-corrected chi connectivity index (χ3v) is 6.73. The van der Waals surface area contributed by atoms with E-state index in [1.165, 1.54) is 4.68 Å². The number of nitrogens with zero attached hydrogens (tertiary/aromatic N) is 5. The van der Waals surface area contributed by atoms with E-state index in [1.54, 1.807) is 12.3 Å². The summed E-state index contributed by atoms with van der Waals surface area (Å²) in [6, 6.07) is 23.5. The molecule has 6 nitrogen and oxygen atoms in total. The van der Waals surface area contributed by atoms with E-state index in [9.17, 15) is 10.1 Å². The van der Waals surface area contributed by atoms with E-state index in [-0.39, 0.29) is 5.56 Å². The largest absolute Gasteiger partial charge is 0.340 e. The molecule has 0 aliphatic heterocycles. The number of benzene rings is 3. The Morgan fingerprint density at radius 3 is 2.66 bits per heavy atom. The minimum atomic E-state index is -0.200. The fourth-order valence-electron chi connectivity index (χ4n) is 4.42. The molecule has 0 aliphatic rings. The summed E-state index contributed by atoms with van der Waals surface area (Å²) >= 11 is 3.44. The van der Waals surface area contributed by atoms with Crippen molar-refractivity contribution in [3.63, 3.8) is 0 Å². The van der Waals surface area contributed by atoms with E-state index in [2.05, 4.69) is 48.8 Å². The lowest BCUT2D eigenvalue weighted by atomic mass is 10.1. The van der Waals surface area contributed by atoms with Gasteiger partial charge in [-0.05, 0) is 42.8 Å². The molecular formula is C28H22BrN5O. The Kier molecular flexibility index (Phi) is 6.06. The van der Waals surface area contributed by atoms with Crippen LogP contribution in [0.4, 0.5) is 0 Å². The molecule has 0 atom stereocenters. The zero-order chi connectivity index (χ0) is 24.5. The number of hydrogen-bond acceptors (Lipinski definition) is 4. The van der Waals surface area contributed by atoms with Crippen LogP contribution in [0.25, 0.3) is 21.8 Å². The Balaban J connectivity index is 1.66. The van der Waals surface area contributed by atoms with Crippen LogP contribution in [0.1, 0.15) is 35.1 Å². The SMILES string of the molecule is CCc1nc2ccc(Br)cc2c(=O)n1N=Cc1c(C)n(Cc2ccccc2C#N)c2ccccc12. The van der Waals surface area contributed by atoms with Gasteiger partial charge in [0.15, 0.2) is 0 Å². The van der Waals surface area contributed by atoms with Crippen molar-refractivity contribution in [1.82, 2.24) is 14.2 Å². The average molecular weight is 524 g/mol. The highest BCUT2D eigenvalue weighted by Crippen LogP contribution is 2.26. The molecule has 0 fully saturated rings. The lowest BCUT2D eigenvalue weighted by Crippen LogP contribution is -2.22. The van der Waals surface area contributed by atoms with Gasteiger partial charge in [-0.2, -0.15) is 15.0 Å². The second-order valence-corrected chi connectivity index (χ2v) is 9.19. The fraction of sp³-hybridized carbons (Fsp3) is 0.143. The Bertz CT molecular complexity index is 1720. The number of aromatic nitrogens is 3. The molecule has 0 N–H and O–H groups in total. The second-order valence-electron chi connectivity index (χ2n) is 8.28. The summed E-state index contributed by atoms with van der Waals surface area (Å²) in [5.74, 6) is 0.602. The van der Waals surface area contributed by atoms with Crippen molar-refractivity contribution < 1.29 is 0 Å². The first-order valence-electron chi connectivity index (χ1n) is 11.3. The van der Waals surface area contributed by atoms with Gasteiger partial charge in [0, 0.05) is 39.6 Å². The van der Waals surface area contributed by atoms with E-state index >= 15 is 0 Å². The minimum Gasteiger partial charge on any atom is -0.340 e. The van der Waals surface area contributed by atoms with Crippen LogP contribution in [-0.2, 0) is 13.0 Å². The molecule has 2 heterocycles. The van der Waals surface area contributed by atoms with Crippen molar-refractivity contribution in [3.8, 4) is 6.07 Å². The lowest BCUT2D eigenvalue weighted by Gasteiger charge is -2.10. The molecule has 7 heteroatoms. The van der Waals surface area contributed by atoms with Crippen LogP contribution in [-0.4, -0.2) is 20.4 Å². The van der Waals surface area contributed by atoms with E-state index in [4.69, 9.17) is 0 Å². The molecule has 0 spiro atoms. The maximum absolute atomic E-state index is 13.3. The number of para-hydroxylation sites is 1. The van der Waals surface area contributed by atoms with Crippen molar-refractivity contribution in [2.45, 2.75) is 26.8 Å². The van der Waals surface area contributed by atoms with Crippen LogP contribution >= 0.6 is 15.9 Å². The third-order valence-electron chi connectivity index (χ3n) is 6.24. The van der Waals surface area contributed by atoms with E-state index in [1.807, 2.05) is 62.4 Å². The smallest absolute Gasteiger partial charge is 0.282 e. The zero-order valence-electron chi connectivity index (χ0n) is 19.4. The van der Waals surface area contributed by atoms with Crippen LogP contribution in [0, 0.1) is 18.3 Å². The number of nitriles is 1. The van der Waals surface area contributed by atoms with Gasteiger partial charge in [0.1, 0.15) is 5.82 Å². The maximum Gasteiger partial charge on any atom is 0.282 e. The first kappa shape index (κ1) is 22.8. The van der Waals surface area contributed by atoms with Gasteiger partial charge in [0.25, 0.3) is 5.56 Å². The molecule has 5 aromatic rings. The molecule has 3 aromatic carbocycles. The number of halogens is 1. The van der Waals surface area contributed by atoms with Crippen molar-refractivity contribution in [2.75, 3.05) is 0 Å². The van der Waals surface area contributed by atoms with Gasteiger partial charge in [0.2, 0.25) is 0 Å². The van der Waals surface area contributed by atoms with Gasteiger partial charge < -0.3 is 4.57 Å². The third kappa shape index (κ3) is 4.07. The maximum atomic E-state index is 13.3. The summed E-state index contributed by atoms with van der Waals surface area (Å²) in [4.78, 5) is 18.0. The van der Waals surface area contributed by atoms with Gasteiger partial charge in [0.05, 0.1) is 28.8 Å². The van der Waals surface area contributed by atoms with Crippen molar-refractivity contribution in [3.05, 3.63) is 110 Å². The summed E-state index contributed by atoms with van der Waals surface area (Å²) in [6.07, 6.45) is 2.32. The minimum absolute atomic E-state index is 0.200. The van der Waals surface area contributed by atoms with Crippen LogP contribution in [0.15, 0.2) is 81.1 Å². The highest BCUT2D eigenvalue weighted by atomic mass is 79.9. The number of fused-ring (bicyclic) bond motifs is 2. The molecule has 172 valence electrons. The van der Waals surface area contributed by atoms with E-state index < -0.39 is 0 Å². The highest BCUT2D eigenvalue weighted by molar-refractivity contribution is 9.10. The molecule has 5 rings (SSSR count). The molecule has 0 saturated heterocycles. The summed E-state index contributed by atoms with van der Waals surface area (Å²) in [7, 11) is 0. The topological polar surface area (TPSA) is 76.0 Å². The fourth-order valence-corrected chi connectivity index (χ4v) is 4.78. The Labute approximate surface area is 210 Å². The van der Waals surface area contributed by atoms with Crippen molar-refractivity contribution >= 4 is 44.0 Å². The summed E-state index contributed by atoms with van der Waals surface area (Å²) < 4.78 is 4.40. The zero-order valence-corrected chi connectivity index (χ0v) is 21.0. The monoisotopic (exact) mass is 523 g/mol. The molecule has 35 heavy (non-hydrogen) atoms. The van der Waals surface area contributed by atoms with Gasteiger partial charge in [-0.1, -0.05) is 59.3 Å². The molecule has 0 aliphatic carbocycles. The predicted molar refractivity (Wildman–Crippen MR) is 143 cm³/mol. The second kappa shape index (κ2) is 9.32. The highest BCUT2D eigenvalue weighted by Gasteiger charge is 2.15. The molecule has 0 radical (unpaired) electrons. The van der Waals surface area contributed by atoms with Crippen LogP contribution in [0.3, 0.4) is 0 Å². The number of aryl methyl sites for hydroxylation is 1. The molecule has 0 bridgehead atoms. The first-order chi connectivity index (χ1) is 17.0. The van der Waals surface area contributed by atoms with Crippen molar-refractivity contribution in [1.29, 1.82) is 5.26 Å². The Hall–Kier alpha value is -4.02. The van der Waals surface area contributed by atoms with Gasteiger partial charge >= 0.3 is 0 Å². The quantitative estimate of drug-likeness (QED) is 0.273. The average Bonchev–Trinajstić information content (AvgIpc) is 3.14. The number of rotatable bonds is 5.